The highest BCUT2D eigenvalue weighted by atomic mass is 79.9. The van der Waals surface area contributed by atoms with Gasteiger partial charge in [-0.05, 0) is 36.8 Å². The molecule has 0 radical (unpaired) electrons. The number of methoxy groups -OCH3 is 1. The summed E-state index contributed by atoms with van der Waals surface area (Å²) in [6.07, 6.45) is 0. The van der Waals surface area contributed by atoms with E-state index < -0.39 is 11.8 Å². The molecular formula is C16H14BrClN2O3. The Morgan fingerprint density at radius 1 is 1.13 bits per heavy atom. The van der Waals surface area contributed by atoms with Crippen molar-refractivity contribution in [3.63, 3.8) is 0 Å². The van der Waals surface area contributed by atoms with Crippen LogP contribution >= 0.6 is 27.5 Å². The maximum absolute atomic E-state index is 12.0. The van der Waals surface area contributed by atoms with E-state index in [4.69, 9.17) is 16.3 Å². The van der Waals surface area contributed by atoms with Crippen molar-refractivity contribution in [2.75, 3.05) is 17.7 Å². The lowest BCUT2D eigenvalue weighted by Crippen LogP contribution is -2.29. The van der Waals surface area contributed by atoms with Gasteiger partial charge in [-0.3, -0.25) is 9.59 Å². The Labute approximate surface area is 147 Å². The molecule has 0 aliphatic carbocycles. The van der Waals surface area contributed by atoms with Crippen LogP contribution in [0, 0.1) is 6.92 Å². The Balaban J connectivity index is 2.12. The van der Waals surface area contributed by atoms with Gasteiger partial charge in [-0.15, -0.1) is 0 Å². The number of hydrogen-bond donors (Lipinski definition) is 2. The lowest BCUT2D eigenvalue weighted by atomic mass is 10.2. The Hall–Kier alpha value is -2.05. The zero-order valence-electron chi connectivity index (χ0n) is 12.4. The molecule has 5 nitrogen and oxygen atoms in total. The second-order valence-electron chi connectivity index (χ2n) is 4.72. The third-order valence-electron chi connectivity index (χ3n) is 3.02. The molecule has 2 N–H and O–H groups in total. The first-order valence-corrected chi connectivity index (χ1v) is 7.80. The van der Waals surface area contributed by atoms with E-state index in [9.17, 15) is 9.59 Å². The van der Waals surface area contributed by atoms with Gasteiger partial charge in [-0.2, -0.15) is 0 Å². The topological polar surface area (TPSA) is 67.4 Å². The van der Waals surface area contributed by atoms with Crippen LogP contribution in [0.2, 0.25) is 5.02 Å². The summed E-state index contributed by atoms with van der Waals surface area (Å²) in [6, 6.07) is 10.2. The molecule has 0 unspecified atom stereocenters. The van der Waals surface area contributed by atoms with E-state index >= 15 is 0 Å². The van der Waals surface area contributed by atoms with Crippen molar-refractivity contribution in [1.82, 2.24) is 0 Å². The van der Waals surface area contributed by atoms with Crippen LogP contribution in [0.1, 0.15) is 5.56 Å². The van der Waals surface area contributed by atoms with Gasteiger partial charge in [0.1, 0.15) is 5.75 Å². The zero-order valence-corrected chi connectivity index (χ0v) is 14.8. The molecule has 0 aliphatic rings. The Bertz CT molecular complexity index is 765. The molecule has 120 valence electrons. The number of carbonyl (C=O) groups excluding carboxylic acids is 2. The molecule has 0 heterocycles. The van der Waals surface area contributed by atoms with Crippen LogP contribution in [0.4, 0.5) is 11.4 Å². The van der Waals surface area contributed by atoms with Crippen LogP contribution in [-0.2, 0) is 9.59 Å². The van der Waals surface area contributed by atoms with Crippen molar-refractivity contribution in [3.05, 3.63) is 51.5 Å². The summed E-state index contributed by atoms with van der Waals surface area (Å²) in [6.45, 7) is 1.79. The number of nitrogens with one attached hydrogen (secondary N) is 2. The summed E-state index contributed by atoms with van der Waals surface area (Å²) in [5, 5.41) is 5.55. The third-order valence-corrected chi connectivity index (χ3v) is 3.92. The molecular weight excluding hydrogens is 384 g/mol. The SMILES string of the molecule is COc1cc(Cl)c(C)cc1NC(=O)C(=O)Nc1cccc(Br)c1. The van der Waals surface area contributed by atoms with E-state index in [0.717, 1.165) is 10.0 Å². The number of aryl methyl sites for hydroxylation is 1. The quantitative estimate of drug-likeness (QED) is 0.769. The molecule has 2 rings (SSSR count). The summed E-state index contributed by atoms with van der Waals surface area (Å²) in [5.41, 5.74) is 1.65. The van der Waals surface area contributed by atoms with Crippen molar-refractivity contribution in [2.45, 2.75) is 6.92 Å². The Kier molecular flexibility index (Phi) is 5.63. The molecule has 23 heavy (non-hydrogen) atoms. The van der Waals surface area contributed by atoms with E-state index in [1.165, 1.54) is 7.11 Å². The second-order valence-corrected chi connectivity index (χ2v) is 6.04. The van der Waals surface area contributed by atoms with Crippen molar-refractivity contribution in [3.8, 4) is 5.75 Å². The summed E-state index contributed by atoms with van der Waals surface area (Å²) >= 11 is 9.30. The monoisotopic (exact) mass is 396 g/mol. The fourth-order valence-corrected chi connectivity index (χ4v) is 2.42. The Morgan fingerprint density at radius 3 is 2.48 bits per heavy atom. The van der Waals surface area contributed by atoms with Gasteiger partial charge in [-0.25, -0.2) is 0 Å². The predicted molar refractivity (Wildman–Crippen MR) is 94.1 cm³/mol. The number of rotatable bonds is 3. The molecule has 0 aromatic heterocycles. The van der Waals surface area contributed by atoms with E-state index in [-0.39, 0.29) is 0 Å². The smallest absolute Gasteiger partial charge is 0.314 e. The lowest BCUT2D eigenvalue weighted by Gasteiger charge is -2.12. The van der Waals surface area contributed by atoms with Gasteiger partial charge in [0.25, 0.3) is 0 Å². The number of anilines is 2. The molecule has 0 aliphatic heterocycles. The van der Waals surface area contributed by atoms with Crippen LogP contribution in [0.3, 0.4) is 0 Å². The number of ether oxygens (including phenoxy) is 1. The van der Waals surface area contributed by atoms with Gasteiger partial charge in [0.05, 0.1) is 12.8 Å². The van der Waals surface area contributed by atoms with Gasteiger partial charge in [0.15, 0.2) is 0 Å². The van der Waals surface area contributed by atoms with Crippen molar-refractivity contribution in [1.29, 1.82) is 0 Å². The molecule has 0 saturated carbocycles. The van der Waals surface area contributed by atoms with Gasteiger partial charge in [0.2, 0.25) is 0 Å². The maximum atomic E-state index is 12.0. The summed E-state index contributed by atoms with van der Waals surface area (Å²) in [5.74, 6) is -1.20. The molecule has 2 aromatic carbocycles. The third kappa shape index (κ3) is 4.46. The minimum Gasteiger partial charge on any atom is -0.495 e. The minimum atomic E-state index is -0.801. The average molecular weight is 398 g/mol. The summed E-state index contributed by atoms with van der Waals surface area (Å²) in [7, 11) is 1.46. The van der Waals surface area contributed by atoms with Crippen molar-refractivity contribution < 1.29 is 14.3 Å². The molecule has 0 atom stereocenters. The number of amides is 2. The first-order valence-electron chi connectivity index (χ1n) is 6.62. The lowest BCUT2D eigenvalue weighted by molar-refractivity contribution is -0.133. The highest BCUT2D eigenvalue weighted by Gasteiger charge is 2.17. The summed E-state index contributed by atoms with van der Waals surface area (Å²) < 4.78 is 5.96. The van der Waals surface area contributed by atoms with Crippen LogP contribution in [0.15, 0.2) is 40.9 Å². The van der Waals surface area contributed by atoms with Crippen LogP contribution in [0.25, 0.3) is 0 Å². The normalized spacial score (nSPS) is 10.1. The van der Waals surface area contributed by atoms with Gasteiger partial charge >= 0.3 is 11.8 Å². The van der Waals surface area contributed by atoms with Crippen molar-refractivity contribution in [2.24, 2.45) is 0 Å². The van der Waals surface area contributed by atoms with Gasteiger partial charge < -0.3 is 15.4 Å². The highest BCUT2D eigenvalue weighted by molar-refractivity contribution is 9.10. The number of halogens is 2. The van der Waals surface area contributed by atoms with Crippen LogP contribution < -0.4 is 15.4 Å². The molecule has 2 aromatic rings. The van der Waals surface area contributed by atoms with E-state index in [2.05, 4.69) is 26.6 Å². The molecule has 0 fully saturated rings. The number of carbonyl (C=O) groups is 2. The largest absolute Gasteiger partial charge is 0.495 e. The maximum Gasteiger partial charge on any atom is 0.314 e. The molecule has 7 heteroatoms. The molecule has 0 bridgehead atoms. The first kappa shape index (κ1) is 17.3. The van der Waals surface area contributed by atoms with Crippen LogP contribution in [-0.4, -0.2) is 18.9 Å². The van der Waals surface area contributed by atoms with Crippen LogP contribution in [0.5, 0.6) is 5.75 Å². The Morgan fingerprint density at radius 2 is 1.83 bits per heavy atom. The number of hydrogen-bond acceptors (Lipinski definition) is 3. The fraction of sp³-hybridized carbons (Fsp3) is 0.125. The molecule has 0 spiro atoms. The van der Waals surface area contributed by atoms with Crippen molar-refractivity contribution >= 4 is 50.7 Å². The molecule has 0 saturated heterocycles. The van der Waals surface area contributed by atoms with E-state index in [1.807, 2.05) is 6.07 Å². The van der Waals surface area contributed by atoms with Gasteiger partial charge in [0, 0.05) is 21.2 Å². The predicted octanol–water partition coefficient (Wildman–Crippen LogP) is 4.00. The minimum absolute atomic E-state index is 0.379. The molecule has 2 amide bonds. The van der Waals surface area contributed by atoms with E-state index in [1.54, 1.807) is 37.3 Å². The first-order chi connectivity index (χ1) is 10.9. The fourth-order valence-electron chi connectivity index (χ4n) is 1.86. The number of benzene rings is 2. The average Bonchev–Trinajstić information content (AvgIpc) is 2.50. The second kappa shape index (κ2) is 7.48. The van der Waals surface area contributed by atoms with Gasteiger partial charge in [-0.1, -0.05) is 33.6 Å². The zero-order chi connectivity index (χ0) is 17.0. The summed E-state index contributed by atoms with van der Waals surface area (Å²) in [4.78, 5) is 24.0. The standard InChI is InChI=1S/C16H14BrClN2O3/c1-9-6-13(14(23-2)8-12(9)18)20-16(22)15(21)19-11-5-3-4-10(17)7-11/h3-8H,1-2H3,(H,19,21)(H,20,22). The van der Waals surface area contributed by atoms with E-state index in [0.29, 0.717) is 22.1 Å². The highest BCUT2D eigenvalue weighted by Crippen LogP contribution is 2.30.